The summed E-state index contributed by atoms with van der Waals surface area (Å²) in [4.78, 5) is 20.9. The summed E-state index contributed by atoms with van der Waals surface area (Å²) in [5, 5.41) is 9.97. The summed E-state index contributed by atoms with van der Waals surface area (Å²) in [6.45, 7) is 0.122. The molecule has 0 saturated heterocycles. The molecular formula is C11H9O4-. The van der Waals surface area contributed by atoms with Gasteiger partial charge in [-0.15, -0.1) is 0 Å². The standard InChI is InChI=1S/C11H10O4/c12-10(13)6-7-11(14)15-8-9-4-2-1-3-5-9/h1-7H,8H2,(H,12,13)/p-1/b7-6+. The van der Waals surface area contributed by atoms with Crippen molar-refractivity contribution in [2.45, 2.75) is 6.61 Å². The summed E-state index contributed by atoms with van der Waals surface area (Å²) in [7, 11) is 0. The molecular weight excluding hydrogens is 196 g/mol. The lowest BCUT2D eigenvalue weighted by Crippen LogP contribution is -2.19. The average Bonchev–Trinajstić information content (AvgIpc) is 2.25. The molecule has 0 N–H and O–H groups in total. The fraction of sp³-hybridized carbons (Fsp3) is 0.0909. The van der Waals surface area contributed by atoms with Gasteiger partial charge in [0.25, 0.3) is 0 Å². The molecule has 1 rings (SSSR count). The van der Waals surface area contributed by atoms with E-state index in [1.54, 1.807) is 12.1 Å². The van der Waals surface area contributed by atoms with Crippen molar-refractivity contribution in [3.05, 3.63) is 48.0 Å². The summed E-state index contributed by atoms with van der Waals surface area (Å²) < 4.78 is 4.76. The molecule has 0 bridgehead atoms. The smallest absolute Gasteiger partial charge is 0.331 e. The second kappa shape index (κ2) is 5.59. The molecule has 4 heteroatoms. The zero-order valence-corrected chi connectivity index (χ0v) is 7.88. The van der Waals surface area contributed by atoms with Crippen LogP contribution in [0.15, 0.2) is 42.5 Å². The Morgan fingerprint density at radius 3 is 2.47 bits per heavy atom. The van der Waals surface area contributed by atoms with Crippen LogP contribution in [-0.2, 0) is 20.9 Å². The number of ether oxygens (including phenoxy) is 1. The lowest BCUT2D eigenvalue weighted by molar-refractivity contribution is -0.297. The number of carbonyl (C=O) groups excluding carboxylic acids is 2. The fourth-order valence-electron chi connectivity index (χ4n) is 0.913. The van der Waals surface area contributed by atoms with Gasteiger partial charge in [0.15, 0.2) is 0 Å². The van der Waals surface area contributed by atoms with E-state index in [0.717, 1.165) is 11.6 Å². The van der Waals surface area contributed by atoms with E-state index in [-0.39, 0.29) is 6.61 Å². The van der Waals surface area contributed by atoms with Crippen LogP contribution in [-0.4, -0.2) is 11.9 Å². The molecule has 0 atom stereocenters. The molecule has 0 unspecified atom stereocenters. The van der Waals surface area contributed by atoms with E-state index < -0.39 is 11.9 Å². The van der Waals surface area contributed by atoms with Gasteiger partial charge in [-0.05, 0) is 11.6 Å². The van der Waals surface area contributed by atoms with Crippen LogP contribution in [0.1, 0.15) is 5.56 Å². The third-order valence-corrected chi connectivity index (χ3v) is 1.58. The third-order valence-electron chi connectivity index (χ3n) is 1.58. The maximum absolute atomic E-state index is 10.9. The van der Waals surface area contributed by atoms with Gasteiger partial charge in [-0.3, -0.25) is 0 Å². The third kappa shape index (κ3) is 4.61. The number of carboxylic acid groups (broad SMARTS) is 1. The number of hydrogen-bond acceptors (Lipinski definition) is 4. The van der Waals surface area contributed by atoms with Crippen molar-refractivity contribution >= 4 is 11.9 Å². The molecule has 0 saturated carbocycles. The van der Waals surface area contributed by atoms with Crippen molar-refractivity contribution in [2.24, 2.45) is 0 Å². The fourth-order valence-corrected chi connectivity index (χ4v) is 0.913. The van der Waals surface area contributed by atoms with Crippen LogP contribution in [0, 0.1) is 0 Å². The van der Waals surface area contributed by atoms with E-state index >= 15 is 0 Å². The lowest BCUT2D eigenvalue weighted by atomic mass is 10.2. The number of hydrogen-bond donors (Lipinski definition) is 0. The lowest BCUT2D eigenvalue weighted by Gasteiger charge is -2.01. The monoisotopic (exact) mass is 205 g/mol. The van der Waals surface area contributed by atoms with E-state index in [9.17, 15) is 14.7 Å². The van der Waals surface area contributed by atoms with Crippen LogP contribution in [0.25, 0.3) is 0 Å². The minimum Gasteiger partial charge on any atom is -0.545 e. The maximum Gasteiger partial charge on any atom is 0.331 e. The van der Waals surface area contributed by atoms with Crippen molar-refractivity contribution in [2.75, 3.05) is 0 Å². The van der Waals surface area contributed by atoms with Gasteiger partial charge in [-0.1, -0.05) is 30.3 Å². The minimum absolute atomic E-state index is 0.122. The van der Waals surface area contributed by atoms with Gasteiger partial charge < -0.3 is 14.6 Å². The molecule has 1 aromatic carbocycles. The molecule has 0 heterocycles. The van der Waals surface area contributed by atoms with Crippen molar-refractivity contribution in [3.63, 3.8) is 0 Å². The molecule has 0 spiro atoms. The number of rotatable bonds is 4. The highest BCUT2D eigenvalue weighted by Gasteiger charge is 1.97. The van der Waals surface area contributed by atoms with Crippen molar-refractivity contribution in [1.29, 1.82) is 0 Å². The number of carbonyl (C=O) groups is 2. The maximum atomic E-state index is 10.9. The van der Waals surface area contributed by atoms with E-state index in [1.807, 2.05) is 18.2 Å². The van der Waals surface area contributed by atoms with Crippen LogP contribution >= 0.6 is 0 Å². The molecule has 0 amide bonds. The normalized spacial score (nSPS) is 10.1. The minimum atomic E-state index is -1.42. The van der Waals surface area contributed by atoms with Gasteiger partial charge in [-0.2, -0.15) is 0 Å². The highest BCUT2D eigenvalue weighted by atomic mass is 16.5. The Kier molecular flexibility index (Phi) is 4.09. The van der Waals surface area contributed by atoms with Gasteiger partial charge >= 0.3 is 5.97 Å². The first kappa shape index (κ1) is 11.0. The van der Waals surface area contributed by atoms with Gasteiger partial charge in [0.2, 0.25) is 0 Å². The molecule has 0 radical (unpaired) electrons. The van der Waals surface area contributed by atoms with Crippen LogP contribution in [0.3, 0.4) is 0 Å². The summed E-state index contributed by atoms with van der Waals surface area (Å²) in [5.41, 5.74) is 0.840. The Labute approximate surface area is 86.8 Å². The van der Waals surface area contributed by atoms with Crippen molar-refractivity contribution < 1.29 is 19.4 Å². The first-order valence-corrected chi connectivity index (χ1v) is 4.28. The summed E-state index contributed by atoms with van der Waals surface area (Å²) in [6.07, 6.45) is 1.45. The quantitative estimate of drug-likeness (QED) is 0.514. The highest BCUT2D eigenvalue weighted by molar-refractivity contribution is 5.89. The summed E-state index contributed by atoms with van der Waals surface area (Å²) in [5.74, 6) is -2.13. The number of aliphatic carboxylic acids is 1. The van der Waals surface area contributed by atoms with Crippen LogP contribution in [0.2, 0.25) is 0 Å². The van der Waals surface area contributed by atoms with E-state index in [4.69, 9.17) is 4.74 Å². The Morgan fingerprint density at radius 2 is 1.87 bits per heavy atom. The SMILES string of the molecule is O=C([O-])/C=C/C(=O)OCc1ccccc1. The Balaban J connectivity index is 2.38. The molecule has 4 nitrogen and oxygen atoms in total. The van der Waals surface area contributed by atoms with E-state index in [2.05, 4.69) is 0 Å². The second-order valence-electron chi connectivity index (χ2n) is 2.75. The molecule has 0 aliphatic carbocycles. The summed E-state index contributed by atoms with van der Waals surface area (Å²) in [6, 6.07) is 9.09. The zero-order valence-electron chi connectivity index (χ0n) is 7.88. The molecule has 0 aromatic heterocycles. The average molecular weight is 205 g/mol. The van der Waals surface area contributed by atoms with Crippen LogP contribution in [0.4, 0.5) is 0 Å². The Morgan fingerprint density at radius 1 is 1.20 bits per heavy atom. The molecule has 0 aliphatic rings. The van der Waals surface area contributed by atoms with E-state index in [1.165, 1.54) is 0 Å². The van der Waals surface area contributed by atoms with E-state index in [0.29, 0.717) is 6.08 Å². The predicted octanol–water partition coefficient (Wildman–Crippen LogP) is 0.0359. The van der Waals surface area contributed by atoms with Gasteiger partial charge in [0.05, 0.1) is 5.97 Å². The van der Waals surface area contributed by atoms with Gasteiger partial charge in [-0.25, -0.2) is 4.79 Å². The van der Waals surface area contributed by atoms with Crippen LogP contribution < -0.4 is 5.11 Å². The van der Waals surface area contributed by atoms with Gasteiger partial charge in [0, 0.05) is 6.08 Å². The molecule has 78 valence electrons. The van der Waals surface area contributed by atoms with Gasteiger partial charge in [0.1, 0.15) is 6.61 Å². The molecule has 15 heavy (non-hydrogen) atoms. The van der Waals surface area contributed by atoms with Crippen molar-refractivity contribution in [3.8, 4) is 0 Å². The summed E-state index contributed by atoms with van der Waals surface area (Å²) >= 11 is 0. The highest BCUT2D eigenvalue weighted by Crippen LogP contribution is 2.00. The molecule has 0 fully saturated rings. The Bertz CT molecular complexity index is 367. The second-order valence-corrected chi connectivity index (χ2v) is 2.75. The van der Waals surface area contributed by atoms with Crippen molar-refractivity contribution in [1.82, 2.24) is 0 Å². The molecule has 1 aromatic rings. The predicted molar refractivity (Wildman–Crippen MR) is 50.4 cm³/mol. The first-order chi connectivity index (χ1) is 7.18. The topological polar surface area (TPSA) is 66.4 Å². The number of carboxylic acids is 1. The number of benzene rings is 1. The Hall–Kier alpha value is -2.10. The van der Waals surface area contributed by atoms with Crippen LogP contribution in [0.5, 0.6) is 0 Å². The zero-order chi connectivity index (χ0) is 11.1. The first-order valence-electron chi connectivity index (χ1n) is 4.28. The molecule has 0 aliphatic heterocycles. The largest absolute Gasteiger partial charge is 0.545 e. The number of esters is 1.